The number of carbonyl (C=O) groups is 3. The number of imide groups is 1. The smallest absolute Gasteiger partial charge is 0.291 e. The summed E-state index contributed by atoms with van der Waals surface area (Å²) in [6, 6.07) is 11.5. The van der Waals surface area contributed by atoms with Gasteiger partial charge in [-0.15, -0.1) is 11.3 Å². The summed E-state index contributed by atoms with van der Waals surface area (Å²) in [5.41, 5.74) is 0.653. The summed E-state index contributed by atoms with van der Waals surface area (Å²) >= 11 is 1.37. The summed E-state index contributed by atoms with van der Waals surface area (Å²) in [4.78, 5) is 41.3. The van der Waals surface area contributed by atoms with Crippen molar-refractivity contribution in [3.05, 3.63) is 52.2 Å². The van der Waals surface area contributed by atoms with Gasteiger partial charge in [-0.1, -0.05) is 18.2 Å². The highest BCUT2D eigenvalue weighted by Gasteiger charge is 2.44. The van der Waals surface area contributed by atoms with Gasteiger partial charge in [0.2, 0.25) is 0 Å². The number of anilines is 1. The van der Waals surface area contributed by atoms with Crippen LogP contribution in [0.2, 0.25) is 0 Å². The molecule has 1 aromatic carbocycles. The van der Waals surface area contributed by atoms with Gasteiger partial charge in [-0.05, 0) is 38.1 Å². The Balaban J connectivity index is 1.82. The molecule has 0 spiro atoms. The lowest BCUT2D eigenvalue weighted by molar-refractivity contribution is -0.126. The first kappa shape index (κ1) is 15.4. The topological polar surface area (TPSA) is 57.7 Å². The maximum absolute atomic E-state index is 12.6. The van der Waals surface area contributed by atoms with Crippen LogP contribution >= 0.6 is 11.3 Å². The van der Waals surface area contributed by atoms with Gasteiger partial charge in [-0.3, -0.25) is 19.4 Å². The number of urea groups is 1. The van der Waals surface area contributed by atoms with E-state index in [1.807, 2.05) is 31.2 Å². The molecule has 0 saturated carbocycles. The molecule has 23 heavy (non-hydrogen) atoms. The number of para-hydroxylation sites is 1. The number of benzene rings is 1. The molecule has 0 radical (unpaired) electrons. The van der Waals surface area contributed by atoms with Gasteiger partial charge in [-0.2, -0.15) is 0 Å². The SMILES string of the molecule is Cc1ccc(C(=O)CN2C(=O)C(C)N(c3ccccc3)C2=O)s1. The van der Waals surface area contributed by atoms with Gasteiger partial charge in [0.25, 0.3) is 5.91 Å². The Morgan fingerprint density at radius 2 is 1.83 bits per heavy atom. The lowest BCUT2D eigenvalue weighted by atomic mass is 10.2. The van der Waals surface area contributed by atoms with Crippen molar-refractivity contribution in [2.24, 2.45) is 0 Å². The van der Waals surface area contributed by atoms with Crippen LogP contribution in [0.4, 0.5) is 10.5 Å². The molecule has 1 fully saturated rings. The normalized spacial score (nSPS) is 17.9. The molecule has 1 aromatic heterocycles. The van der Waals surface area contributed by atoms with Crippen molar-refractivity contribution in [3.63, 3.8) is 0 Å². The van der Waals surface area contributed by atoms with E-state index in [9.17, 15) is 14.4 Å². The molecular weight excluding hydrogens is 312 g/mol. The van der Waals surface area contributed by atoms with Gasteiger partial charge in [0, 0.05) is 10.6 Å². The van der Waals surface area contributed by atoms with Crippen molar-refractivity contribution in [1.29, 1.82) is 0 Å². The second-order valence-electron chi connectivity index (χ2n) is 5.42. The van der Waals surface area contributed by atoms with Crippen LogP contribution in [-0.4, -0.2) is 35.2 Å². The lowest BCUT2D eigenvalue weighted by Crippen LogP contribution is -2.36. The fourth-order valence-electron chi connectivity index (χ4n) is 2.60. The highest BCUT2D eigenvalue weighted by atomic mass is 32.1. The van der Waals surface area contributed by atoms with E-state index >= 15 is 0 Å². The third-order valence-electron chi connectivity index (χ3n) is 3.80. The Morgan fingerprint density at radius 3 is 2.43 bits per heavy atom. The fraction of sp³-hybridized carbons (Fsp3) is 0.235. The van der Waals surface area contributed by atoms with Crippen molar-refractivity contribution in [1.82, 2.24) is 4.90 Å². The third-order valence-corrected chi connectivity index (χ3v) is 4.84. The first-order valence-corrected chi connectivity index (χ1v) is 8.10. The number of amides is 3. The number of carbonyl (C=O) groups excluding carboxylic acids is 3. The maximum atomic E-state index is 12.6. The minimum atomic E-state index is -0.609. The predicted octanol–water partition coefficient (Wildman–Crippen LogP) is 3.10. The second kappa shape index (κ2) is 5.96. The Kier molecular flexibility index (Phi) is 4.00. The number of hydrogen-bond donors (Lipinski definition) is 0. The monoisotopic (exact) mass is 328 g/mol. The minimum Gasteiger partial charge on any atom is -0.291 e. The molecule has 1 unspecified atom stereocenters. The number of thiophene rings is 1. The standard InChI is InChI=1S/C17H16N2O3S/c1-11-8-9-15(23-11)14(20)10-18-16(21)12(2)19(17(18)22)13-6-4-3-5-7-13/h3-9,12H,10H2,1-2H3. The number of hydrogen-bond acceptors (Lipinski definition) is 4. The number of ketones is 1. The molecule has 1 atom stereocenters. The van der Waals surface area contributed by atoms with Crippen LogP contribution in [0.5, 0.6) is 0 Å². The quantitative estimate of drug-likeness (QED) is 0.640. The van der Waals surface area contributed by atoms with Crippen LogP contribution in [0.1, 0.15) is 21.5 Å². The van der Waals surface area contributed by atoms with Crippen LogP contribution in [0.15, 0.2) is 42.5 Å². The third kappa shape index (κ3) is 2.77. The van der Waals surface area contributed by atoms with Gasteiger partial charge in [0.05, 0.1) is 11.4 Å². The van der Waals surface area contributed by atoms with Crippen molar-refractivity contribution >= 4 is 34.7 Å². The van der Waals surface area contributed by atoms with E-state index in [0.29, 0.717) is 10.6 Å². The summed E-state index contributed by atoms with van der Waals surface area (Å²) in [6.45, 7) is 3.37. The van der Waals surface area contributed by atoms with Crippen molar-refractivity contribution in [3.8, 4) is 0 Å². The summed E-state index contributed by atoms with van der Waals surface area (Å²) in [5.74, 6) is -0.563. The first-order chi connectivity index (χ1) is 11.0. The molecule has 3 amide bonds. The fourth-order valence-corrected chi connectivity index (χ4v) is 3.40. The van der Waals surface area contributed by atoms with Crippen LogP contribution < -0.4 is 4.90 Å². The van der Waals surface area contributed by atoms with Gasteiger partial charge >= 0.3 is 6.03 Å². The van der Waals surface area contributed by atoms with E-state index in [4.69, 9.17) is 0 Å². The molecule has 0 aliphatic carbocycles. The predicted molar refractivity (Wildman–Crippen MR) is 88.9 cm³/mol. The van der Waals surface area contributed by atoms with E-state index in [0.717, 1.165) is 9.78 Å². The van der Waals surface area contributed by atoms with Crippen LogP contribution in [-0.2, 0) is 4.79 Å². The lowest BCUT2D eigenvalue weighted by Gasteiger charge is -2.19. The van der Waals surface area contributed by atoms with Crippen LogP contribution in [0.25, 0.3) is 0 Å². The van der Waals surface area contributed by atoms with E-state index in [1.54, 1.807) is 25.1 Å². The Morgan fingerprint density at radius 1 is 1.13 bits per heavy atom. The van der Waals surface area contributed by atoms with Crippen molar-refractivity contribution in [2.45, 2.75) is 19.9 Å². The molecule has 1 aliphatic rings. The number of aryl methyl sites for hydroxylation is 1. The molecule has 1 saturated heterocycles. The molecule has 5 nitrogen and oxygen atoms in total. The van der Waals surface area contributed by atoms with Crippen molar-refractivity contribution < 1.29 is 14.4 Å². The Hall–Kier alpha value is -2.47. The van der Waals surface area contributed by atoms with E-state index < -0.39 is 12.1 Å². The maximum Gasteiger partial charge on any atom is 0.332 e. The molecular formula is C17H16N2O3S. The zero-order valence-corrected chi connectivity index (χ0v) is 13.7. The van der Waals surface area contributed by atoms with E-state index in [-0.39, 0.29) is 18.2 Å². The highest BCUT2D eigenvalue weighted by Crippen LogP contribution is 2.26. The first-order valence-electron chi connectivity index (χ1n) is 7.28. The molecule has 2 heterocycles. The zero-order chi connectivity index (χ0) is 16.6. The van der Waals surface area contributed by atoms with Crippen LogP contribution in [0, 0.1) is 6.92 Å². The minimum absolute atomic E-state index is 0.216. The summed E-state index contributed by atoms with van der Waals surface area (Å²) in [6.07, 6.45) is 0. The molecule has 1 aliphatic heterocycles. The molecule has 6 heteroatoms. The number of Topliss-reactive ketones (excluding diaryl/α,β-unsaturated/α-hetero) is 1. The summed E-state index contributed by atoms with van der Waals surface area (Å²) in [7, 11) is 0. The molecule has 0 bridgehead atoms. The van der Waals surface area contributed by atoms with Gasteiger partial charge in [-0.25, -0.2) is 4.79 Å². The van der Waals surface area contributed by atoms with Gasteiger partial charge < -0.3 is 0 Å². The second-order valence-corrected chi connectivity index (χ2v) is 6.71. The molecule has 0 N–H and O–H groups in total. The van der Waals surface area contributed by atoms with Gasteiger partial charge in [0.15, 0.2) is 5.78 Å². The molecule has 118 valence electrons. The van der Waals surface area contributed by atoms with Gasteiger partial charge in [0.1, 0.15) is 6.04 Å². The molecule has 3 rings (SSSR count). The zero-order valence-electron chi connectivity index (χ0n) is 12.9. The highest BCUT2D eigenvalue weighted by molar-refractivity contribution is 7.14. The van der Waals surface area contributed by atoms with E-state index in [1.165, 1.54) is 16.2 Å². The summed E-state index contributed by atoms with van der Waals surface area (Å²) in [5, 5.41) is 0. The molecule has 2 aromatic rings. The van der Waals surface area contributed by atoms with Crippen LogP contribution in [0.3, 0.4) is 0 Å². The Bertz CT molecular complexity index is 769. The number of nitrogens with zero attached hydrogens (tertiary/aromatic N) is 2. The largest absolute Gasteiger partial charge is 0.332 e. The average Bonchev–Trinajstić information content (AvgIpc) is 3.06. The van der Waals surface area contributed by atoms with Crippen molar-refractivity contribution in [2.75, 3.05) is 11.4 Å². The summed E-state index contributed by atoms with van der Waals surface area (Å²) < 4.78 is 0. The number of rotatable bonds is 4. The Labute approximate surface area is 138 Å². The van der Waals surface area contributed by atoms with E-state index in [2.05, 4.69) is 0 Å². The average molecular weight is 328 g/mol.